The van der Waals surface area contributed by atoms with Gasteiger partial charge in [-0.1, -0.05) is 288 Å². The molecule has 0 nitrogen and oxygen atoms in total. The van der Waals surface area contributed by atoms with Gasteiger partial charge < -0.3 is 0 Å². The molecule has 0 bridgehead atoms. The van der Waals surface area contributed by atoms with Crippen molar-refractivity contribution in [2.75, 3.05) is 0 Å². The second-order valence-electron chi connectivity index (χ2n) is 28.8. The molecule has 72 heavy (non-hydrogen) atoms. The molecule has 0 atom stereocenters. The van der Waals surface area contributed by atoms with Gasteiger partial charge in [0, 0.05) is 102 Å². The molecule has 9 aliphatic rings. The summed E-state index contributed by atoms with van der Waals surface area (Å²) >= 11 is 0. The van der Waals surface area contributed by atoms with E-state index in [0.29, 0.717) is 0 Å². The summed E-state index contributed by atoms with van der Waals surface area (Å²) in [6.45, 7) is 14.7. The molecule has 9 rings (SSSR count). The van der Waals surface area contributed by atoms with E-state index < -0.39 is 0 Å². The largest absolute Gasteiger partial charge is 0.269 e. The van der Waals surface area contributed by atoms with Crippen LogP contribution in [0.15, 0.2) is 0 Å². The van der Waals surface area contributed by atoms with Crippen molar-refractivity contribution in [3.8, 4) is 0 Å². The third kappa shape index (κ3) is 27.8. The molecule has 0 aromatic carbocycles. The van der Waals surface area contributed by atoms with Crippen LogP contribution >= 0.6 is 0 Å². The molecule has 0 aromatic rings. The average Bonchev–Trinajstić information content (AvgIpc) is 3.33. The van der Waals surface area contributed by atoms with Crippen LogP contribution in [0.1, 0.15) is 330 Å². The quantitative estimate of drug-likeness (QED) is 0.183. The van der Waals surface area contributed by atoms with Crippen LogP contribution in [0.3, 0.4) is 0 Å². The Morgan fingerprint density at radius 3 is 0.333 bits per heavy atom. The van der Waals surface area contributed by atoms with Gasteiger partial charge >= 0.3 is 0 Å². The Hall–Kier alpha value is 3.24. The standard InChI is InChI=1S/C29H52.C22H40.C15H28.2CH4.FH.3Y.3H2/c1-22-3-7-24(8-4-22)19-26-11-15-28(16-12-26)21-29-17-13-27(14-18-29)20-25-9-5-23(2)6-10-25;1-17-3-7-19(8-4-17)15-21-11-13-22(14-12-21)16-20-9-5-18(2)6-10-20;1-12-3-7-14(8-4-12)11-15-9-5-13(2)6-10-15;;;;;;;;;/h22-29H,3-21H2,1-2H3;17-22H,3-16H2,1-2H3;12-15H,3-11H2,1-2H3;2*1H4;1H;;;;3*1H/i;;;;;;;;;3*1+1. The minimum absolute atomic E-state index is 0. The summed E-state index contributed by atoms with van der Waals surface area (Å²) in [5, 5.41) is 0. The van der Waals surface area contributed by atoms with Crippen LogP contribution in [0.5, 0.6) is 0 Å². The SMILES string of the molecule is C.C.CC1CCC(CC2CCC(C)CC2)CC1.CC1CCC(CC2CCC(CC3CCC(C)CC3)CC2)CC1.CC1CCC(CC2CCC(CC3CCC(CC4CCC(C)CC4)CC3)CC2)CC1.F.[2HH].[2HH].[2HH].[Y].[Y].[Y]. The van der Waals surface area contributed by atoms with Gasteiger partial charge in [-0.15, -0.1) is 0 Å². The van der Waals surface area contributed by atoms with Crippen molar-refractivity contribution in [3.05, 3.63) is 0 Å². The zero-order valence-electron chi connectivity index (χ0n) is 48.2. The normalized spacial score (nSPS) is 40.2. The van der Waals surface area contributed by atoms with E-state index in [-0.39, 0.29) is 122 Å². The van der Waals surface area contributed by atoms with Crippen LogP contribution < -0.4 is 0 Å². The molecule has 4 heteroatoms. The van der Waals surface area contributed by atoms with Crippen LogP contribution in [0, 0.1) is 107 Å². The Balaban J connectivity index is -0.00000102. The van der Waals surface area contributed by atoms with Gasteiger partial charge in [0.2, 0.25) is 0 Å². The molecule has 423 valence electrons. The third-order valence-electron chi connectivity index (χ3n) is 22.7. The molecule has 0 N–H and O–H groups in total. The second-order valence-corrected chi connectivity index (χ2v) is 28.8. The molecule has 9 fully saturated rings. The van der Waals surface area contributed by atoms with Crippen LogP contribution in [0.4, 0.5) is 4.70 Å². The van der Waals surface area contributed by atoms with E-state index in [0.717, 1.165) is 107 Å². The van der Waals surface area contributed by atoms with Crippen LogP contribution in [-0.4, -0.2) is 0 Å². The molecule has 0 unspecified atom stereocenters. The Morgan fingerprint density at radius 1 is 0.181 bits per heavy atom. The summed E-state index contributed by atoms with van der Waals surface area (Å²) < 4.78 is 0. The van der Waals surface area contributed by atoms with Crippen molar-refractivity contribution in [3.63, 3.8) is 0 Å². The van der Waals surface area contributed by atoms with Crippen LogP contribution in [0.25, 0.3) is 0 Å². The van der Waals surface area contributed by atoms with Gasteiger partial charge in [0.1, 0.15) is 0 Å². The Labute approximate surface area is 533 Å². The predicted molar refractivity (Wildman–Crippen MR) is 313 cm³/mol. The maximum atomic E-state index is 2.46. The Kier molecular flexibility index (Phi) is 41.1. The van der Waals surface area contributed by atoms with E-state index in [2.05, 4.69) is 41.5 Å². The predicted octanol–water partition coefficient (Wildman–Crippen LogP) is 23.8. The summed E-state index contributed by atoms with van der Waals surface area (Å²) in [6.07, 6.45) is 65.0. The minimum Gasteiger partial charge on any atom is -0.269 e. The Morgan fingerprint density at radius 2 is 0.250 bits per heavy atom. The smallest absolute Gasteiger partial charge is 0 e. The fraction of sp³-hybridized carbons (Fsp3) is 1.00. The molecular weight excluding hydrogens is 1100 g/mol. The van der Waals surface area contributed by atoms with Gasteiger partial charge in [0.05, 0.1) is 0 Å². The van der Waals surface area contributed by atoms with Crippen molar-refractivity contribution in [1.82, 2.24) is 0 Å². The average molecular weight is 1240 g/mol. The fourth-order valence-corrected chi connectivity index (χ4v) is 17.3. The second kappa shape index (κ2) is 40.4. The third-order valence-corrected chi connectivity index (χ3v) is 22.7. The fourth-order valence-electron chi connectivity index (χ4n) is 17.3. The molecule has 0 amide bonds. The Bertz CT molecular complexity index is 1140. The molecule has 9 aliphatic carbocycles. The number of halogens is 1. The maximum absolute atomic E-state index is 2.46. The minimum atomic E-state index is 0. The molecule has 9 saturated carbocycles. The van der Waals surface area contributed by atoms with Gasteiger partial charge in [-0.3, -0.25) is 4.70 Å². The van der Waals surface area contributed by atoms with Crippen LogP contribution in [-0.2, 0) is 98.1 Å². The molecule has 3 radical (unpaired) electrons. The summed E-state index contributed by atoms with van der Waals surface area (Å²) in [5.74, 6) is 19.3. The summed E-state index contributed by atoms with van der Waals surface area (Å²) in [4.78, 5) is 0. The van der Waals surface area contributed by atoms with Gasteiger partial charge in [-0.05, 0) is 145 Å². The molecule has 0 aromatic heterocycles. The van der Waals surface area contributed by atoms with E-state index in [9.17, 15) is 0 Å². The van der Waals surface area contributed by atoms with Crippen molar-refractivity contribution in [1.29, 1.82) is 0 Å². The first kappa shape index (κ1) is 73.3. The monoisotopic (exact) mass is 1240 g/mol. The molecule has 0 heterocycles. The number of rotatable bonds is 12. The molecule has 0 spiro atoms. The maximum Gasteiger partial charge on any atom is 0 e. The van der Waals surface area contributed by atoms with Gasteiger partial charge in [0.25, 0.3) is 0 Å². The van der Waals surface area contributed by atoms with Crippen molar-refractivity contribution in [2.45, 2.75) is 326 Å². The van der Waals surface area contributed by atoms with Crippen molar-refractivity contribution < 1.29 is 107 Å². The van der Waals surface area contributed by atoms with Gasteiger partial charge in [-0.25, -0.2) is 0 Å². The van der Waals surface area contributed by atoms with E-state index in [1.54, 1.807) is 167 Å². The van der Waals surface area contributed by atoms with Crippen molar-refractivity contribution >= 4 is 0 Å². The first-order valence-corrected chi connectivity index (χ1v) is 32.1. The zero-order chi connectivity index (χ0) is 46.1. The number of hydrogen-bond donors (Lipinski definition) is 0. The first-order chi connectivity index (χ1) is 32.1. The zero-order valence-corrected chi connectivity index (χ0v) is 56.7. The van der Waals surface area contributed by atoms with E-state index in [4.69, 9.17) is 0 Å². The van der Waals surface area contributed by atoms with Crippen LogP contribution in [0.2, 0.25) is 0 Å². The van der Waals surface area contributed by atoms with E-state index in [1.807, 2.05) is 0 Å². The molecule has 0 aliphatic heterocycles. The summed E-state index contributed by atoms with van der Waals surface area (Å²) in [7, 11) is 0. The summed E-state index contributed by atoms with van der Waals surface area (Å²) in [6, 6.07) is 0. The van der Waals surface area contributed by atoms with E-state index in [1.165, 1.54) is 103 Å². The van der Waals surface area contributed by atoms with Crippen molar-refractivity contribution in [2.24, 2.45) is 107 Å². The van der Waals surface area contributed by atoms with Gasteiger partial charge in [-0.2, -0.15) is 0 Å². The molecular formula is C68H135FY3. The van der Waals surface area contributed by atoms with Gasteiger partial charge in [0.15, 0.2) is 0 Å². The summed E-state index contributed by atoms with van der Waals surface area (Å²) in [5.41, 5.74) is 0. The first-order valence-electron chi connectivity index (χ1n) is 32.1. The van der Waals surface area contributed by atoms with E-state index >= 15 is 0 Å². The molecule has 0 saturated heterocycles. The topological polar surface area (TPSA) is 0 Å². The number of hydrogen-bond acceptors (Lipinski definition) is 0.